The fourth-order valence-electron chi connectivity index (χ4n) is 2.22. The SMILES string of the molecule is COc1ncc(Cl)cc1C(CCO)c1ccc(Cl)c(Cl)c1. The molecule has 1 N–H and O–H groups in total. The van der Waals surface area contributed by atoms with Crippen LogP contribution >= 0.6 is 34.8 Å². The topological polar surface area (TPSA) is 42.4 Å². The Bertz CT molecular complexity index is 634. The van der Waals surface area contributed by atoms with Crippen LogP contribution in [-0.4, -0.2) is 23.8 Å². The minimum atomic E-state index is -0.133. The third-order valence-electron chi connectivity index (χ3n) is 3.18. The number of aliphatic hydroxyl groups excluding tert-OH is 1. The third-order valence-corrected chi connectivity index (χ3v) is 4.12. The molecule has 1 unspecified atom stereocenters. The van der Waals surface area contributed by atoms with Gasteiger partial charge in [0.25, 0.3) is 0 Å². The quantitative estimate of drug-likeness (QED) is 0.862. The molecule has 3 nitrogen and oxygen atoms in total. The van der Waals surface area contributed by atoms with Gasteiger partial charge in [0, 0.05) is 24.3 Å². The number of methoxy groups -OCH3 is 1. The van der Waals surface area contributed by atoms with Crippen LogP contribution in [-0.2, 0) is 0 Å². The number of ether oxygens (including phenoxy) is 1. The van der Waals surface area contributed by atoms with Gasteiger partial charge in [-0.2, -0.15) is 0 Å². The van der Waals surface area contributed by atoms with E-state index in [1.54, 1.807) is 25.3 Å². The minimum absolute atomic E-state index is 0.0145. The van der Waals surface area contributed by atoms with Crippen LogP contribution in [0.15, 0.2) is 30.5 Å². The summed E-state index contributed by atoms with van der Waals surface area (Å²) >= 11 is 18.1. The van der Waals surface area contributed by atoms with Gasteiger partial charge in [-0.05, 0) is 30.2 Å². The molecule has 1 aromatic carbocycles. The van der Waals surface area contributed by atoms with Gasteiger partial charge in [0.15, 0.2) is 0 Å². The Labute approximate surface area is 138 Å². The average Bonchev–Trinajstić information content (AvgIpc) is 2.48. The molecule has 0 radical (unpaired) electrons. The molecule has 0 fully saturated rings. The van der Waals surface area contributed by atoms with Crippen molar-refractivity contribution >= 4 is 34.8 Å². The molecular weight excluding hydrogens is 333 g/mol. The van der Waals surface area contributed by atoms with Crippen LogP contribution in [0, 0.1) is 0 Å². The van der Waals surface area contributed by atoms with Gasteiger partial charge in [-0.1, -0.05) is 40.9 Å². The van der Waals surface area contributed by atoms with E-state index >= 15 is 0 Å². The van der Waals surface area contributed by atoms with Crippen LogP contribution in [0.2, 0.25) is 15.1 Å². The fourth-order valence-corrected chi connectivity index (χ4v) is 2.70. The summed E-state index contributed by atoms with van der Waals surface area (Å²) in [7, 11) is 1.55. The highest BCUT2D eigenvalue weighted by molar-refractivity contribution is 6.42. The zero-order valence-electron chi connectivity index (χ0n) is 11.3. The van der Waals surface area contributed by atoms with E-state index in [0.717, 1.165) is 11.1 Å². The first-order valence-electron chi connectivity index (χ1n) is 6.32. The highest BCUT2D eigenvalue weighted by Crippen LogP contribution is 2.36. The lowest BCUT2D eigenvalue weighted by Gasteiger charge is -2.19. The van der Waals surface area contributed by atoms with Crippen LogP contribution in [0.5, 0.6) is 5.88 Å². The normalized spacial score (nSPS) is 12.2. The minimum Gasteiger partial charge on any atom is -0.481 e. The smallest absolute Gasteiger partial charge is 0.216 e. The number of hydrogen-bond acceptors (Lipinski definition) is 3. The summed E-state index contributed by atoms with van der Waals surface area (Å²) in [6.07, 6.45) is 2.02. The van der Waals surface area contributed by atoms with Crippen LogP contribution in [0.3, 0.4) is 0 Å². The van der Waals surface area contributed by atoms with Gasteiger partial charge in [0.1, 0.15) is 0 Å². The Kier molecular flexibility index (Phi) is 5.71. The number of nitrogens with zero attached hydrogens (tertiary/aromatic N) is 1. The van der Waals surface area contributed by atoms with Crippen molar-refractivity contribution in [3.8, 4) is 5.88 Å². The van der Waals surface area contributed by atoms with Crippen molar-refractivity contribution in [2.75, 3.05) is 13.7 Å². The lowest BCUT2D eigenvalue weighted by molar-refractivity contribution is 0.280. The molecule has 0 saturated heterocycles. The molecule has 1 aromatic heterocycles. The number of halogens is 3. The Balaban J connectivity index is 2.52. The van der Waals surface area contributed by atoms with Gasteiger partial charge in [-0.25, -0.2) is 4.98 Å². The van der Waals surface area contributed by atoms with E-state index in [1.807, 2.05) is 6.07 Å². The first kappa shape index (κ1) is 16.4. The number of aromatic nitrogens is 1. The van der Waals surface area contributed by atoms with Crippen molar-refractivity contribution in [2.24, 2.45) is 0 Å². The van der Waals surface area contributed by atoms with E-state index in [-0.39, 0.29) is 12.5 Å². The highest BCUT2D eigenvalue weighted by Gasteiger charge is 2.20. The third kappa shape index (κ3) is 3.80. The summed E-state index contributed by atoms with van der Waals surface area (Å²) in [5, 5.41) is 10.8. The van der Waals surface area contributed by atoms with Crippen molar-refractivity contribution in [3.05, 3.63) is 56.7 Å². The summed E-state index contributed by atoms with van der Waals surface area (Å²) in [4.78, 5) is 4.17. The summed E-state index contributed by atoms with van der Waals surface area (Å²) in [6, 6.07) is 7.17. The number of aliphatic hydroxyl groups is 1. The number of rotatable bonds is 5. The Morgan fingerprint density at radius 1 is 1.19 bits per heavy atom. The van der Waals surface area contributed by atoms with Crippen molar-refractivity contribution in [2.45, 2.75) is 12.3 Å². The van der Waals surface area contributed by atoms with Crippen molar-refractivity contribution in [1.82, 2.24) is 4.98 Å². The second kappa shape index (κ2) is 7.32. The number of hydrogen-bond donors (Lipinski definition) is 1. The molecule has 2 rings (SSSR count). The van der Waals surface area contributed by atoms with Crippen LogP contribution < -0.4 is 4.74 Å². The van der Waals surface area contributed by atoms with E-state index < -0.39 is 0 Å². The van der Waals surface area contributed by atoms with E-state index in [1.165, 1.54) is 6.20 Å². The van der Waals surface area contributed by atoms with Gasteiger partial charge >= 0.3 is 0 Å². The lowest BCUT2D eigenvalue weighted by Crippen LogP contribution is -2.07. The molecule has 112 valence electrons. The zero-order valence-corrected chi connectivity index (χ0v) is 13.6. The molecule has 1 heterocycles. The molecule has 0 amide bonds. The van der Waals surface area contributed by atoms with E-state index in [9.17, 15) is 5.11 Å². The van der Waals surface area contributed by atoms with Gasteiger partial charge in [0.2, 0.25) is 5.88 Å². The molecule has 0 saturated carbocycles. The maximum Gasteiger partial charge on any atom is 0.216 e. The second-order valence-electron chi connectivity index (χ2n) is 4.49. The predicted octanol–water partition coefficient (Wildman–Crippen LogP) is 4.56. The van der Waals surface area contributed by atoms with Gasteiger partial charge in [0.05, 0.1) is 22.2 Å². The van der Waals surface area contributed by atoms with Crippen molar-refractivity contribution in [1.29, 1.82) is 0 Å². The molecule has 0 aliphatic heterocycles. The van der Waals surface area contributed by atoms with Crippen molar-refractivity contribution in [3.63, 3.8) is 0 Å². The van der Waals surface area contributed by atoms with Crippen LogP contribution in [0.1, 0.15) is 23.5 Å². The molecule has 1 atom stereocenters. The molecular formula is C15H14Cl3NO2. The molecule has 0 spiro atoms. The maximum atomic E-state index is 9.36. The molecule has 6 heteroatoms. The fraction of sp³-hybridized carbons (Fsp3) is 0.267. The van der Waals surface area contributed by atoms with Crippen LogP contribution in [0.4, 0.5) is 0 Å². The molecule has 2 aromatic rings. The van der Waals surface area contributed by atoms with E-state index in [4.69, 9.17) is 39.5 Å². The lowest BCUT2D eigenvalue weighted by atomic mass is 9.89. The Morgan fingerprint density at radius 2 is 1.95 bits per heavy atom. The Morgan fingerprint density at radius 3 is 2.57 bits per heavy atom. The van der Waals surface area contributed by atoms with Crippen LogP contribution in [0.25, 0.3) is 0 Å². The number of benzene rings is 1. The molecule has 0 aliphatic rings. The highest BCUT2D eigenvalue weighted by atomic mass is 35.5. The van der Waals surface area contributed by atoms with Gasteiger partial charge < -0.3 is 9.84 Å². The standard InChI is InChI=1S/C15H14Cl3NO2/c1-21-15-12(7-10(16)8-19-15)11(4-5-20)9-2-3-13(17)14(18)6-9/h2-3,6-8,11,20H,4-5H2,1H3. The maximum absolute atomic E-state index is 9.36. The summed E-state index contributed by atoms with van der Waals surface area (Å²) in [5.41, 5.74) is 1.72. The van der Waals surface area contributed by atoms with E-state index in [2.05, 4.69) is 4.98 Å². The second-order valence-corrected chi connectivity index (χ2v) is 5.74. The van der Waals surface area contributed by atoms with Gasteiger partial charge in [-0.3, -0.25) is 0 Å². The zero-order chi connectivity index (χ0) is 15.4. The monoisotopic (exact) mass is 345 g/mol. The summed E-state index contributed by atoms with van der Waals surface area (Å²) in [6.45, 7) is 0.0145. The first-order valence-corrected chi connectivity index (χ1v) is 7.45. The predicted molar refractivity (Wildman–Crippen MR) is 85.8 cm³/mol. The Hall–Kier alpha value is -1.000. The molecule has 0 bridgehead atoms. The first-order chi connectivity index (χ1) is 10.1. The van der Waals surface area contributed by atoms with E-state index in [0.29, 0.717) is 27.4 Å². The summed E-state index contributed by atoms with van der Waals surface area (Å²) < 4.78 is 5.29. The largest absolute Gasteiger partial charge is 0.481 e. The summed E-state index contributed by atoms with van der Waals surface area (Å²) in [5.74, 6) is 0.342. The average molecular weight is 347 g/mol. The molecule has 21 heavy (non-hydrogen) atoms. The van der Waals surface area contributed by atoms with Crippen molar-refractivity contribution < 1.29 is 9.84 Å². The molecule has 0 aliphatic carbocycles. The number of pyridine rings is 1. The van der Waals surface area contributed by atoms with Gasteiger partial charge in [-0.15, -0.1) is 0 Å².